The van der Waals surface area contributed by atoms with E-state index in [1.165, 1.54) is 0 Å². The van der Waals surface area contributed by atoms with Crippen LogP contribution in [0, 0.1) is 13.8 Å². The van der Waals surface area contributed by atoms with E-state index in [0.717, 1.165) is 26.3 Å². The van der Waals surface area contributed by atoms with E-state index in [1.807, 2.05) is 37.4 Å². The third kappa shape index (κ3) is 3.01. The summed E-state index contributed by atoms with van der Waals surface area (Å²) >= 11 is 4.96. The quantitative estimate of drug-likeness (QED) is 0.804. The van der Waals surface area contributed by atoms with Crippen LogP contribution in [0.4, 0.5) is 0 Å². The predicted molar refractivity (Wildman–Crippen MR) is 73.8 cm³/mol. The number of halogens is 1. The Morgan fingerprint density at radius 3 is 2.82 bits per heavy atom. The van der Waals surface area contributed by atoms with Crippen LogP contribution in [0.1, 0.15) is 26.6 Å². The third-order valence-electron chi connectivity index (χ3n) is 2.51. The molecule has 0 unspecified atom stereocenters. The number of ketones is 1. The summed E-state index contributed by atoms with van der Waals surface area (Å²) < 4.78 is 0.931. The van der Waals surface area contributed by atoms with E-state index in [-0.39, 0.29) is 5.78 Å². The maximum Gasteiger partial charge on any atom is 0.169 e. The summed E-state index contributed by atoms with van der Waals surface area (Å²) in [7, 11) is 0. The molecule has 0 saturated heterocycles. The van der Waals surface area contributed by atoms with Crippen LogP contribution >= 0.6 is 27.3 Å². The number of nitrogens with zero attached hydrogens (tertiary/aromatic N) is 1. The van der Waals surface area contributed by atoms with Crippen molar-refractivity contribution in [2.24, 2.45) is 0 Å². The fourth-order valence-electron chi connectivity index (χ4n) is 1.64. The van der Waals surface area contributed by atoms with Gasteiger partial charge in [0.15, 0.2) is 5.78 Å². The fraction of sp³-hybridized carbons (Fsp3) is 0.231. The van der Waals surface area contributed by atoms with Crippen LogP contribution in [0.2, 0.25) is 0 Å². The molecule has 2 nitrogen and oxygen atoms in total. The summed E-state index contributed by atoms with van der Waals surface area (Å²) in [5, 5.41) is 2.94. The number of benzene rings is 1. The van der Waals surface area contributed by atoms with E-state index < -0.39 is 0 Å². The second-order valence-electron chi connectivity index (χ2n) is 3.92. The first kappa shape index (κ1) is 12.5. The van der Waals surface area contributed by atoms with Crippen molar-refractivity contribution in [2.75, 3.05) is 0 Å². The van der Waals surface area contributed by atoms with E-state index in [2.05, 4.69) is 20.9 Å². The van der Waals surface area contributed by atoms with Gasteiger partial charge >= 0.3 is 0 Å². The zero-order chi connectivity index (χ0) is 12.4. The van der Waals surface area contributed by atoms with E-state index in [0.29, 0.717) is 6.42 Å². The number of aryl methyl sites for hydroxylation is 2. The lowest BCUT2D eigenvalue weighted by Crippen LogP contribution is -2.06. The lowest BCUT2D eigenvalue weighted by Gasteiger charge is -2.04. The monoisotopic (exact) mass is 309 g/mol. The van der Waals surface area contributed by atoms with Gasteiger partial charge in [0.1, 0.15) is 0 Å². The Kier molecular flexibility index (Phi) is 3.74. The van der Waals surface area contributed by atoms with Crippen molar-refractivity contribution in [1.82, 2.24) is 4.98 Å². The summed E-state index contributed by atoms with van der Waals surface area (Å²) in [6.07, 6.45) is 0.377. The third-order valence-corrected chi connectivity index (χ3v) is 3.82. The first-order chi connectivity index (χ1) is 8.06. The van der Waals surface area contributed by atoms with Gasteiger partial charge in [-0.3, -0.25) is 4.79 Å². The molecule has 0 aliphatic carbocycles. The Bertz CT molecular complexity index is 562. The standard InChI is InChI=1S/C13H12BrNOS/c1-8-3-4-10(14)5-12(8)13(16)6-11-7-17-9(2)15-11/h3-5,7H,6H2,1-2H3. The average molecular weight is 310 g/mol. The Morgan fingerprint density at radius 2 is 2.18 bits per heavy atom. The Labute approximate surface area is 113 Å². The minimum Gasteiger partial charge on any atom is -0.294 e. The number of hydrogen-bond acceptors (Lipinski definition) is 3. The van der Waals surface area contributed by atoms with Gasteiger partial charge in [-0.25, -0.2) is 4.98 Å². The molecule has 2 rings (SSSR count). The number of rotatable bonds is 3. The van der Waals surface area contributed by atoms with Crippen LogP contribution in [0.15, 0.2) is 28.1 Å². The molecule has 0 atom stereocenters. The lowest BCUT2D eigenvalue weighted by atomic mass is 10.0. The molecule has 0 fully saturated rings. The van der Waals surface area contributed by atoms with E-state index in [1.54, 1.807) is 11.3 Å². The van der Waals surface area contributed by atoms with Crippen molar-refractivity contribution in [1.29, 1.82) is 0 Å². The Balaban J connectivity index is 2.22. The first-order valence-corrected chi connectivity index (χ1v) is 6.94. The van der Waals surface area contributed by atoms with Crippen LogP contribution in [0.25, 0.3) is 0 Å². The number of thiazole rings is 1. The van der Waals surface area contributed by atoms with Crippen molar-refractivity contribution in [2.45, 2.75) is 20.3 Å². The zero-order valence-corrected chi connectivity index (χ0v) is 12.1. The van der Waals surface area contributed by atoms with Crippen molar-refractivity contribution in [3.8, 4) is 0 Å². The summed E-state index contributed by atoms with van der Waals surface area (Å²) in [5.41, 5.74) is 2.63. The van der Waals surface area contributed by atoms with Gasteiger partial charge in [0.25, 0.3) is 0 Å². The summed E-state index contributed by atoms with van der Waals surface area (Å²) in [6.45, 7) is 3.90. The van der Waals surface area contributed by atoms with Gasteiger partial charge in [-0.05, 0) is 31.5 Å². The van der Waals surface area contributed by atoms with Crippen LogP contribution in [0.3, 0.4) is 0 Å². The highest BCUT2D eigenvalue weighted by molar-refractivity contribution is 9.10. The average Bonchev–Trinajstić information content (AvgIpc) is 2.67. The molecule has 88 valence electrons. The van der Waals surface area contributed by atoms with Crippen LogP contribution < -0.4 is 0 Å². The predicted octanol–water partition coefficient (Wildman–Crippen LogP) is 3.95. The van der Waals surface area contributed by atoms with Gasteiger partial charge < -0.3 is 0 Å². The second-order valence-corrected chi connectivity index (χ2v) is 5.89. The van der Waals surface area contributed by atoms with Gasteiger partial charge in [0, 0.05) is 15.4 Å². The van der Waals surface area contributed by atoms with Crippen molar-refractivity contribution >= 4 is 33.0 Å². The second kappa shape index (κ2) is 5.10. The zero-order valence-electron chi connectivity index (χ0n) is 9.66. The fourth-order valence-corrected chi connectivity index (χ4v) is 2.62. The number of carbonyl (C=O) groups excluding carboxylic acids is 1. The minimum absolute atomic E-state index is 0.120. The minimum atomic E-state index is 0.120. The molecule has 0 spiro atoms. The molecule has 0 bridgehead atoms. The van der Waals surface area contributed by atoms with E-state index >= 15 is 0 Å². The highest BCUT2D eigenvalue weighted by Crippen LogP contribution is 2.18. The van der Waals surface area contributed by atoms with Crippen LogP contribution in [-0.2, 0) is 6.42 Å². The van der Waals surface area contributed by atoms with Gasteiger partial charge in [-0.2, -0.15) is 0 Å². The van der Waals surface area contributed by atoms with Crippen molar-refractivity contribution < 1.29 is 4.79 Å². The molecule has 0 aliphatic heterocycles. The molecule has 1 heterocycles. The van der Waals surface area contributed by atoms with Crippen LogP contribution in [-0.4, -0.2) is 10.8 Å². The van der Waals surface area contributed by atoms with Crippen molar-refractivity contribution in [3.05, 3.63) is 49.9 Å². The normalized spacial score (nSPS) is 10.5. The maximum atomic E-state index is 12.1. The number of Topliss-reactive ketones (excluding diaryl/α,β-unsaturated/α-hetero) is 1. The molecule has 0 radical (unpaired) electrons. The smallest absolute Gasteiger partial charge is 0.169 e. The van der Waals surface area contributed by atoms with Gasteiger partial charge in [-0.15, -0.1) is 11.3 Å². The molecule has 0 N–H and O–H groups in total. The van der Waals surface area contributed by atoms with Gasteiger partial charge in [-0.1, -0.05) is 22.0 Å². The Morgan fingerprint density at radius 1 is 1.41 bits per heavy atom. The molecular weight excluding hydrogens is 298 g/mol. The maximum absolute atomic E-state index is 12.1. The number of carbonyl (C=O) groups is 1. The molecule has 17 heavy (non-hydrogen) atoms. The SMILES string of the molecule is Cc1nc(CC(=O)c2cc(Br)ccc2C)cs1. The number of hydrogen-bond donors (Lipinski definition) is 0. The molecule has 0 aliphatic rings. The highest BCUT2D eigenvalue weighted by Gasteiger charge is 2.12. The van der Waals surface area contributed by atoms with E-state index in [4.69, 9.17) is 0 Å². The van der Waals surface area contributed by atoms with E-state index in [9.17, 15) is 4.79 Å². The van der Waals surface area contributed by atoms with Crippen LogP contribution in [0.5, 0.6) is 0 Å². The summed E-state index contributed by atoms with van der Waals surface area (Å²) in [4.78, 5) is 16.5. The highest BCUT2D eigenvalue weighted by atomic mass is 79.9. The number of aromatic nitrogens is 1. The molecular formula is C13H12BrNOS. The summed E-state index contributed by atoms with van der Waals surface area (Å²) in [6, 6.07) is 5.76. The van der Waals surface area contributed by atoms with Crippen molar-refractivity contribution in [3.63, 3.8) is 0 Å². The molecule has 1 aromatic heterocycles. The lowest BCUT2D eigenvalue weighted by molar-refractivity contribution is 0.0991. The molecule has 2 aromatic rings. The molecule has 1 aromatic carbocycles. The molecule has 0 saturated carbocycles. The summed E-state index contributed by atoms with van der Waals surface area (Å²) in [5.74, 6) is 0.120. The van der Waals surface area contributed by atoms with Gasteiger partial charge in [0.2, 0.25) is 0 Å². The topological polar surface area (TPSA) is 30.0 Å². The largest absolute Gasteiger partial charge is 0.294 e. The molecule has 0 amide bonds. The molecule has 4 heteroatoms. The van der Waals surface area contributed by atoms with Gasteiger partial charge in [0.05, 0.1) is 17.1 Å². The first-order valence-electron chi connectivity index (χ1n) is 5.26. The Hall–Kier alpha value is -1.00.